The highest BCUT2D eigenvalue weighted by atomic mass is 35.5. The van der Waals surface area contributed by atoms with E-state index >= 15 is 0 Å². The van der Waals surface area contributed by atoms with Gasteiger partial charge in [-0.25, -0.2) is 14.3 Å². The number of urea groups is 1. The van der Waals surface area contributed by atoms with E-state index in [1.54, 1.807) is 41.1 Å². The van der Waals surface area contributed by atoms with Gasteiger partial charge in [-0.3, -0.25) is 10.1 Å². The molecule has 9 nitrogen and oxygen atoms in total. The van der Waals surface area contributed by atoms with Crippen molar-refractivity contribution in [2.24, 2.45) is 0 Å². The molecule has 1 aliphatic rings. The van der Waals surface area contributed by atoms with E-state index in [0.717, 1.165) is 5.69 Å². The van der Waals surface area contributed by atoms with E-state index in [0.29, 0.717) is 47.2 Å². The van der Waals surface area contributed by atoms with E-state index in [-0.39, 0.29) is 22.8 Å². The summed E-state index contributed by atoms with van der Waals surface area (Å²) in [5.41, 5.74) is 2.15. The molecule has 2 heterocycles. The molecule has 1 atom stereocenters. The SMILES string of the molecule is CC(C)(C)c1cc(NC(=O)Nc2cccc(Cl)c2Cl)n(-c2cccc(CC(=O)N3CCC[C@H]3C(=O)O)c2)n1. The molecule has 3 amide bonds. The zero-order valence-corrected chi connectivity index (χ0v) is 22.8. The van der Waals surface area contributed by atoms with Gasteiger partial charge in [0, 0.05) is 18.0 Å². The van der Waals surface area contributed by atoms with Gasteiger partial charge in [-0.1, -0.05) is 62.2 Å². The fourth-order valence-corrected chi connectivity index (χ4v) is 4.65. The smallest absolute Gasteiger partial charge is 0.326 e. The van der Waals surface area contributed by atoms with Gasteiger partial charge in [0.2, 0.25) is 5.91 Å². The van der Waals surface area contributed by atoms with Gasteiger partial charge in [0.05, 0.1) is 33.5 Å². The van der Waals surface area contributed by atoms with Crippen LogP contribution in [0, 0.1) is 0 Å². The number of carbonyl (C=O) groups excluding carboxylic acids is 2. The maximum atomic E-state index is 12.9. The average molecular weight is 558 g/mol. The summed E-state index contributed by atoms with van der Waals surface area (Å²) in [6.45, 7) is 6.47. The number of rotatable bonds is 6. The summed E-state index contributed by atoms with van der Waals surface area (Å²) in [7, 11) is 0. The molecule has 4 rings (SSSR count). The minimum Gasteiger partial charge on any atom is -0.480 e. The third kappa shape index (κ3) is 6.11. The zero-order valence-electron chi connectivity index (χ0n) is 21.3. The highest BCUT2D eigenvalue weighted by Gasteiger charge is 2.33. The van der Waals surface area contributed by atoms with Gasteiger partial charge in [0.1, 0.15) is 11.9 Å². The second kappa shape index (κ2) is 11.0. The van der Waals surface area contributed by atoms with Gasteiger partial charge < -0.3 is 15.3 Å². The largest absolute Gasteiger partial charge is 0.480 e. The van der Waals surface area contributed by atoms with Crippen molar-refractivity contribution in [3.05, 3.63) is 69.8 Å². The molecule has 0 aliphatic carbocycles. The van der Waals surface area contributed by atoms with Crippen LogP contribution in [-0.4, -0.2) is 50.3 Å². The van der Waals surface area contributed by atoms with Crippen LogP contribution in [0.15, 0.2) is 48.5 Å². The number of hydrogen-bond donors (Lipinski definition) is 3. The predicted octanol–water partition coefficient (Wildman–Crippen LogP) is 5.74. The molecule has 1 fully saturated rings. The Hall–Kier alpha value is -3.56. The number of aliphatic carboxylic acids is 1. The second-order valence-corrected chi connectivity index (χ2v) is 11.0. The van der Waals surface area contributed by atoms with Crippen molar-refractivity contribution in [1.82, 2.24) is 14.7 Å². The number of likely N-dealkylation sites (tertiary alicyclic amines) is 1. The van der Waals surface area contributed by atoms with Crippen LogP contribution in [0.3, 0.4) is 0 Å². The van der Waals surface area contributed by atoms with Crippen LogP contribution in [0.5, 0.6) is 0 Å². The van der Waals surface area contributed by atoms with E-state index in [9.17, 15) is 19.5 Å². The number of carbonyl (C=O) groups is 3. The van der Waals surface area contributed by atoms with Gasteiger partial charge in [-0.2, -0.15) is 5.10 Å². The summed E-state index contributed by atoms with van der Waals surface area (Å²) in [6.07, 6.45) is 1.19. The highest BCUT2D eigenvalue weighted by Crippen LogP contribution is 2.30. The molecule has 1 aliphatic heterocycles. The minimum atomic E-state index is -0.982. The molecule has 0 saturated carbocycles. The molecular formula is C27H29Cl2N5O4. The number of nitrogens with zero attached hydrogens (tertiary/aromatic N) is 3. The van der Waals surface area contributed by atoms with Gasteiger partial charge in [-0.15, -0.1) is 0 Å². The molecule has 38 heavy (non-hydrogen) atoms. The number of carboxylic acids is 1. The van der Waals surface area contributed by atoms with E-state index in [1.165, 1.54) is 4.90 Å². The third-order valence-electron chi connectivity index (χ3n) is 6.29. The predicted molar refractivity (Wildman–Crippen MR) is 147 cm³/mol. The Labute approximate surface area is 230 Å². The Balaban J connectivity index is 1.59. The first-order valence-electron chi connectivity index (χ1n) is 12.2. The lowest BCUT2D eigenvalue weighted by atomic mass is 9.92. The molecule has 0 radical (unpaired) electrons. The van der Waals surface area contributed by atoms with Crippen molar-refractivity contribution in [3.63, 3.8) is 0 Å². The van der Waals surface area contributed by atoms with Crippen LogP contribution in [0.4, 0.5) is 16.3 Å². The van der Waals surface area contributed by atoms with Crippen molar-refractivity contribution in [2.45, 2.75) is 51.5 Å². The Bertz CT molecular complexity index is 1380. The minimum absolute atomic E-state index is 0.0571. The van der Waals surface area contributed by atoms with Crippen molar-refractivity contribution in [3.8, 4) is 5.69 Å². The van der Waals surface area contributed by atoms with Gasteiger partial charge >= 0.3 is 12.0 Å². The normalized spacial score (nSPS) is 15.4. The van der Waals surface area contributed by atoms with Crippen LogP contribution in [0.2, 0.25) is 10.0 Å². The van der Waals surface area contributed by atoms with Crippen molar-refractivity contribution in [1.29, 1.82) is 0 Å². The van der Waals surface area contributed by atoms with Crippen LogP contribution in [0.25, 0.3) is 5.69 Å². The first-order chi connectivity index (χ1) is 17.9. The molecular weight excluding hydrogens is 529 g/mol. The number of benzene rings is 2. The highest BCUT2D eigenvalue weighted by molar-refractivity contribution is 6.44. The molecule has 0 bridgehead atoms. The average Bonchev–Trinajstić information content (AvgIpc) is 3.50. The number of amides is 3. The fourth-order valence-electron chi connectivity index (χ4n) is 4.30. The molecule has 0 spiro atoms. The lowest BCUT2D eigenvalue weighted by Crippen LogP contribution is -2.41. The molecule has 11 heteroatoms. The topological polar surface area (TPSA) is 117 Å². The quantitative estimate of drug-likeness (QED) is 0.357. The third-order valence-corrected chi connectivity index (χ3v) is 7.11. The number of hydrogen-bond acceptors (Lipinski definition) is 4. The van der Waals surface area contributed by atoms with Gasteiger partial charge in [-0.05, 0) is 42.7 Å². The van der Waals surface area contributed by atoms with E-state index < -0.39 is 18.0 Å². The zero-order chi connectivity index (χ0) is 27.6. The number of aromatic nitrogens is 2. The summed E-state index contributed by atoms with van der Waals surface area (Å²) in [5, 5.41) is 20.2. The van der Waals surface area contributed by atoms with Crippen molar-refractivity contribution >= 4 is 52.6 Å². The van der Waals surface area contributed by atoms with Crippen molar-refractivity contribution < 1.29 is 19.5 Å². The standard InChI is InChI=1S/C27H29Cl2N5O4/c1-27(2,3)21-15-22(31-26(38)30-19-10-5-9-18(28)24(19)29)34(32-21)17-8-4-7-16(13-17)14-23(35)33-12-6-11-20(33)25(36)37/h4-5,7-10,13,15,20H,6,11-12,14H2,1-3H3,(H,36,37)(H2,30,31,38)/t20-/m0/s1. The van der Waals surface area contributed by atoms with Crippen LogP contribution in [0.1, 0.15) is 44.9 Å². The molecule has 1 saturated heterocycles. The molecule has 0 unspecified atom stereocenters. The van der Waals surface area contributed by atoms with Crippen molar-refractivity contribution in [2.75, 3.05) is 17.2 Å². The monoisotopic (exact) mass is 557 g/mol. The summed E-state index contributed by atoms with van der Waals surface area (Å²) >= 11 is 12.3. The van der Waals surface area contributed by atoms with Crippen LogP contribution < -0.4 is 10.6 Å². The molecule has 3 aromatic rings. The summed E-state index contributed by atoms with van der Waals surface area (Å²) in [5.74, 6) is -0.803. The lowest BCUT2D eigenvalue weighted by molar-refractivity contribution is -0.148. The Morgan fingerprint density at radius 3 is 2.53 bits per heavy atom. The van der Waals surface area contributed by atoms with E-state index in [2.05, 4.69) is 10.6 Å². The molecule has 3 N–H and O–H groups in total. The number of anilines is 2. The Kier molecular flexibility index (Phi) is 7.99. The fraction of sp³-hybridized carbons (Fsp3) is 0.333. The van der Waals surface area contributed by atoms with E-state index in [4.69, 9.17) is 28.3 Å². The lowest BCUT2D eigenvalue weighted by Gasteiger charge is -2.21. The van der Waals surface area contributed by atoms with Crippen LogP contribution in [-0.2, 0) is 21.4 Å². The Morgan fingerprint density at radius 2 is 1.82 bits per heavy atom. The summed E-state index contributed by atoms with van der Waals surface area (Å²) in [4.78, 5) is 38.7. The summed E-state index contributed by atoms with van der Waals surface area (Å²) < 4.78 is 1.60. The number of nitrogens with one attached hydrogen (secondary N) is 2. The Morgan fingerprint density at radius 1 is 1.08 bits per heavy atom. The molecule has 200 valence electrons. The molecule has 1 aromatic heterocycles. The number of carboxylic acid groups (broad SMARTS) is 1. The summed E-state index contributed by atoms with van der Waals surface area (Å²) in [6, 6.07) is 12.7. The molecule has 2 aromatic carbocycles. The first kappa shape index (κ1) is 27.5. The number of halogens is 2. The van der Waals surface area contributed by atoms with Crippen LogP contribution >= 0.6 is 23.2 Å². The maximum absolute atomic E-state index is 12.9. The van der Waals surface area contributed by atoms with Gasteiger partial charge in [0.25, 0.3) is 0 Å². The first-order valence-corrected chi connectivity index (χ1v) is 12.9. The maximum Gasteiger partial charge on any atom is 0.326 e. The van der Waals surface area contributed by atoms with Gasteiger partial charge in [0.15, 0.2) is 0 Å². The second-order valence-electron chi connectivity index (χ2n) is 10.2. The van der Waals surface area contributed by atoms with E-state index in [1.807, 2.05) is 32.9 Å².